The highest BCUT2D eigenvalue weighted by Crippen LogP contribution is 1.87. The summed E-state index contributed by atoms with van der Waals surface area (Å²) in [6.07, 6.45) is 0. The van der Waals surface area contributed by atoms with Crippen LogP contribution in [0, 0.1) is 0 Å². The van der Waals surface area contributed by atoms with E-state index in [0.29, 0.717) is 13.2 Å². The van der Waals surface area contributed by atoms with Gasteiger partial charge in [0.2, 0.25) is 5.91 Å². The van der Waals surface area contributed by atoms with Gasteiger partial charge < -0.3 is 25.3 Å². The lowest BCUT2D eigenvalue weighted by molar-refractivity contribution is -0.134. The zero-order valence-corrected chi connectivity index (χ0v) is 8.97. The van der Waals surface area contributed by atoms with Gasteiger partial charge in [-0.2, -0.15) is 0 Å². The molecule has 0 spiro atoms. The molecule has 0 atom stereocenters. The lowest BCUT2D eigenvalue weighted by Gasteiger charge is -2.15. The van der Waals surface area contributed by atoms with E-state index < -0.39 is 0 Å². The third kappa shape index (κ3) is 6.69. The molecule has 0 saturated heterocycles. The minimum atomic E-state index is -0.238. The number of methoxy groups -OCH3 is 1. The first-order valence-electron chi connectivity index (χ1n) is 4.38. The number of oxime groups is 1. The number of amides is 1. The molecule has 0 heterocycles. The monoisotopic (exact) mass is 219 g/mol. The predicted molar refractivity (Wildman–Crippen MR) is 53.7 cm³/mol. The van der Waals surface area contributed by atoms with Crippen molar-refractivity contribution in [2.24, 2.45) is 10.9 Å². The van der Waals surface area contributed by atoms with Gasteiger partial charge in [0.25, 0.3) is 0 Å². The maximum absolute atomic E-state index is 11.3. The molecule has 0 radical (unpaired) electrons. The van der Waals surface area contributed by atoms with Gasteiger partial charge in [-0.1, -0.05) is 5.16 Å². The van der Waals surface area contributed by atoms with E-state index in [0.717, 1.165) is 0 Å². The van der Waals surface area contributed by atoms with E-state index in [1.807, 2.05) is 0 Å². The molecular weight excluding hydrogens is 202 g/mol. The molecule has 7 nitrogen and oxygen atoms in total. The summed E-state index contributed by atoms with van der Waals surface area (Å²) in [6.45, 7) is 0.832. The van der Waals surface area contributed by atoms with Crippen molar-refractivity contribution in [2.45, 2.75) is 0 Å². The van der Waals surface area contributed by atoms with Gasteiger partial charge in [-0.05, 0) is 0 Å². The number of nitrogens with zero attached hydrogens (tertiary/aromatic N) is 2. The fourth-order valence-corrected chi connectivity index (χ4v) is 0.775. The van der Waals surface area contributed by atoms with Gasteiger partial charge in [-0.3, -0.25) is 4.79 Å². The summed E-state index contributed by atoms with van der Waals surface area (Å²) in [4.78, 5) is 12.6. The summed E-state index contributed by atoms with van der Waals surface area (Å²) >= 11 is 0. The van der Waals surface area contributed by atoms with Crippen molar-refractivity contribution >= 4 is 11.7 Å². The number of ether oxygens (including phenoxy) is 2. The van der Waals surface area contributed by atoms with Gasteiger partial charge in [0.1, 0.15) is 6.61 Å². The summed E-state index contributed by atoms with van der Waals surface area (Å²) in [6, 6.07) is 0. The number of hydrogen-bond acceptors (Lipinski definition) is 5. The molecule has 0 aliphatic rings. The van der Waals surface area contributed by atoms with Crippen LogP contribution in [0.4, 0.5) is 0 Å². The first-order chi connectivity index (χ1) is 7.11. The smallest absolute Gasteiger partial charge is 0.248 e. The van der Waals surface area contributed by atoms with E-state index >= 15 is 0 Å². The van der Waals surface area contributed by atoms with Gasteiger partial charge in [0.05, 0.1) is 19.8 Å². The summed E-state index contributed by atoms with van der Waals surface area (Å²) in [7, 11) is 3.09. The molecule has 0 aromatic carbocycles. The summed E-state index contributed by atoms with van der Waals surface area (Å²) < 4.78 is 9.76. The second-order valence-electron chi connectivity index (χ2n) is 2.89. The van der Waals surface area contributed by atoms with Gasteiger partial charge in [-0.25, -0.2) is 0 Å². The molecular formula is C8H17N3O4. The molecule has 88 valence electrons. The van der Waals surface area contributed by atoms with E-state index in [9.17, 15) is 4.79 Å². The number of carbonyl (C=O) groups excluding carboxylic acids is 1. The third-order valence-corrected chi connectivity index (χ3v) is 1.61. The zero-order valence-electron chi connectivity index (χ0n) is 8.97. The van der Waals surface area contributed by atoms with Crippen LogP contribution in [0.5, 0.6) is 0 Å². The Bertz CT molecular complexity index is 220. The van der Waals surface area contributed by atoms with Gasteiger partial charge in [-0.15, -0.1) is 0 Å². The number of rotatable bonds is 7. The van der Waals surface area contributed by atoms with Crippen molar-refractivity contribution in [1.82, 2.24) is 4.90 Å². The summed E-state index contributed by atoms with van der Waals surface area (Å²) in [5.74, 6) is -0.263. The molecule has 0 unspecified atom stereocenters. The van der Waals surface area contributed by atoms with Crippen molar-refractivity contribution < 1.29 is 19.5 Å². The van der Waals surface area contributed by atoms with Crippen LogP contribution in [0.3, 0.4) is 0 Å². The lowest BCUT2D eigenvalue weighted by atomic mass is 10.5. The average molecular weight is 219 g/mol. The molecule has 15 heavy (non-hydrogen) atoms. The zero-order chi connectivity index (χ0) is 11.7. The number of nitrogens with two attached hydrogens (primary N) is 1. The van der Waals surface area contributed by atoms with E-state index in [1.54, 1.807) is 14.2 Å². The summed E-state index contributed by atoms with van der Waals surface area (Å²) in [5, 5.41) is 11.0. The normalized spacial score (nSPS) is 11.5. The Balaban J connectivity index is 3.70. The van der Waals surface area contributed by atoms with Crippen LogP contribution < -0.4 is 5.73 Å². The van der Waals surface area contributed by atoms with Crippen LogP contribution in [0.2, 0.25) is 0 Å². The molecule has 0 aliphatic heterocycles. The number of likely N-dealkylation sites (N-methyl/N-ethyl adjacent to an activating group) is 1. The molecule has 7 heteroatoms. The van der Waals surface area contributed by atoms with Crippen LogP contribution in [-0.2, 0) is 14.3 Å². The second-order valence-corrected chi connectivity index (χ2v) is 2.89. The van der Waals surface area contributed by atoms with Gasteiger partial charge in [0.15, 0.2) is 5.84 Å². The average Bonchev–Trinajstić information content (AvgIpc) is 2.23. The Morgan fingerprint density at radius 2 is 2.20 bits per heavy atom. The molecule has 3 N–H and O–H groups in total. The minimum Gasteiger partial charge on any atom is -0.409 e. The quantitative estimate of drug-likeness (QED) is 0.185. The summed E-state index contributed by atoms with van der Waals surface area (Å²) in [5.41, 5.74) is 5.23. The fourth-order valence-electron chi connectivity index (χ4n) is 0.775. The number of hydrogen-bond donors (Lipinski definition) is 2. The highest BCUT2D eigenvalue weighted by Gasteiger charge is 2.09. The largest absolute Gasteiger partial charge is 0.409 e. The van der Waals surface area contributed by atoms with E-state index in [-0.39, 0.29) is 24.9 Å². The van der Waals surface area contributed by atoms with E-state index in [2.05, 4.69) is 5.16 Å². The first kappa shape index (κ1) is 13.7. The SMILES string of the molecule is COCCOCC(=O)N(C)CC(N)=NO. The van der Waals surface area contributed by atoms with Crippen molar-refractivity contribution in [2.75, 3.05) is 40.5 Å². The van der Waals surface area contributed by atoms with Crippen LogP contribution >= 0.6 is 0 Å². The van der Waals surface area contributed by atoms with Crippen molar-refractivity contribution in [3.63, 3.8) is 0 Å². The Kier molecular flexibility index (Phi) is 7.29. The number of amidine groups is 1. The molecule has 0 aliphatic carbocycles. The molecule has 0 fully saturated rings. The molecule has 1 amide bonds. The lowest BCUT2D eigenvalue weighted by Crippen LogP contribution is -2.37. The molecule has 0 aromatic rings. The van der Waals surface area contributed by atoms with Crippen molar-refractivity contribution in [3.05, 3.63) is 0 Å². The molecule has 0 saturated carbocycles. The van der Waals surface area contributed by atoms with Gasteiger partial charge in [0, 0.05) is 14.2 Å². The van der Waals surface area contributed by atoms with E-state index in [1.165, 1.54) is 4.90 Å². The van der Waals surface area contributed by atoms with Crippen LogP contribution in [0.25, 0.3) is 0 Å². The van der Waals surface area contributed by atoms with Crippen molar-refractivity contribution in [1.29, 1.82) is 0 Å². The minimum absolute atomic E-state index is 0.0252. The Morgan fingerprint density at radius 1 is 1.53 bits per heavy atom. The standard InChI is InChI=1S/C8H17N3O4/c1-11(5-7(9)10-13)8(12)6-15-4-3-14-2/h13H,3-6H2,1-2H3,(H2,9,10). The van der Waals surface area contributed by atoms with Crippen LogP contribution in [0.15, 0.2) is 5.16 Å². The van der Waals surface area contributed by atoms with E-state index in [4.69, 9.17) is 20.4 Å². The maximum Gasteiger partial charge on any atom is 0.248 e. The third-order valence-electron chi connectivity index (χ3n) is 1.61. The maximum atomic E-state index is 11.3. The highest BCUT2D eigenvalue weighted by atomic mass is 16.5. The fraction of sp³-hybridized carbons (Fsp3) is 0.750. The Labute approximate surface area is 88.4 Å². The number of carbonyl (C=O) groups is 1. The van der Waals surface area contributed by atoms with Crippen LogP contribution in [0.1, 0.15) is 0 Å². The first-order valence-corrected chi connectivity index (χ1v) is 4.38. The van der Waals surface area contributed by atoms with Crippen LogP contribution in [-0.4, -0.2) is 62.4 Å². The van der Waals surface area contributed by atoms with Gasteiger partial charge >= 0.3 is 0 Å². The highest BCUT2D eigenvalue weighted by molar-refractivity contribution is 5.87. The Morgan fingerprint density at radius 3 is 2.73 bits per heavy atom. The molecule has 0 aromatic heterocycles. The predicted octanol–water partition coefficient (Wildman–Crippen LogP) is -1.15. The molecule has 0 rings (SSSR count). The van der Waals surface area contributed by atoms with Crippen molar-refractivity contribution in [3.8, 4) is 0 Å². The topological polar surface area (TPSA) is 97.4 Å². The second kappa shape index (κ2) is 8.01. The Hall–Kier alpha value is -1.34. The molecule has 0 bridgehead atoms.